The molecule has 2 aromatic rings. The predicted molar refractivity (Wildman–Crippen MR) is 80.3 cm³/mol. The molecule has 0 radical (unpaired) electrons. The second kappa shape index (κ2) is 7.31. The fraction of sp³-hybridized carbons (Fsp3) is 0.188. The lowest BCUT2D eigenvalue weighted by molar-refractivity contribution is 0.0953. The molecule has 1 amide bonds. The van der Waals surface area contributed by atoms with E-state index in [1.165, 1.54) is 5.56 Å². The highest BCUT2D eigenvalue weighted by atomic mass is 16.5. The molecule has 0 aliphatic rings. The van der Waals surface area contributed by atoms with E-state index in [2.05, 4.69) is 5.43 Å². The van der Waals surface area contributed by atoms with E-state index >= 15 is 0 Å². The molecule has 0 unspecified atom stereocenters. The van der Waals surface area contributed by atoms with E-state index in [1.807, 2.05) is 31.2 Å². The molecule has 0 spiro atoms. The van der Waals surface area contributed by atoms with E-state index in [4.69, 9.17) is 15.3 Å². The van der Waals surface area contributed by atoms with E-state index in [-0.39, 0.29) is 5.91 Å². The number of rotatable bonds is 6. The van der Waals surface area contributed by atoms with E-state index in [1.54, 1.807) is 24.3 Å². The molecule has 0 aliphatic heterocycles. The highest BCUT2D eigenvalue weighted by Crippen LogP contribution is 2.13. The van der Waals surface area contributed by atoms with Crippen molar-refractivity contribution in [3.63, 3.8) is 0 Å². The first kappa shape index (κ1) is 14.9. The summed E-state index contributed by atoms with van der Waals surface area (Å²) in [4.78, 5) is 11.3. The van der Waals surface area contributed by atoms with Crippen molar-refractivity contribution in [3.8, 4) is 11.5 Å². The van der Waals surface area contributed by atoms with Crippen LogP contribution < -0.4 is 20.7 Å². The third-order valence-electron chi connectivity index (χ3n) is 2.89. The lowest BCUT2D eigenvalue weighted by Crippen LogP contribution is -2.29. The monoisotopic (exact) mass is 286 g/mol. The van der Waals surface area contributed by atoms with Gasteiger partial charge in [0.15, 0.2) is 0 Å². The Morgan fingerprint density at radius 1 is 0.952 bits per heavy atom. The largest absolute Gasteiger partial charge is 0.490 e. The van der Waals surface area contributed by atoms with Crippen LogP contribution in [0.4, 0.5) is 0 Å². The summed E-state index contributed by atoms with van der Waals surface area (Å²) in [6, 6.07) is 14.6. The first-order valence-corrected chi connectivity index (χ1v) is 6.62. The zero-order chi connectivity index (χ0) is 15.1. The molecule has 0 aromatic heterocycles. The third kappa shape index (κ3) is 4.50. The van der Waals surface area contributed by atoms with Crippen LogP contribution >= 0.6 is 0 Å². The minimum atomic E-state index is -0.329. The molecule has 0 atom stereocenters. The fourth-order valence-corrected chi connectivity index (χ4v) is 1.74. The average molecular weight is 286 g/mol. The van der Waals surface area contributed by atoms with Crippen LogP contribution in [0.15, 0.2) is 48.5 Å². The van der Waals surface area contributed by atoms with Gasteiger partial charge in [0.25, 0.3) is 5.91 Å². The van der Waals surface area contributed by atoms with Crippen LogP contribution in [0.3, 0.4) is 0 Å². The van der Waals surface area contributed by atoms with Gasteiger partial charge in [-0.25, -0.2) is 5.84 Å². The Kier molecular flexibility index (Phi) is 5.17. The number of ether oxygens (including phenoxy) is 2. The normalized spacial score (nSPS) is 10.0. The molecule has 2 aromatic carbocycles. The number of hydrazine groups is 1. The summed E-state index contributed by atoms with van der Waals surface area (Å²) in [7, 11) is 0. The first-order chi connectivity index (χ1) is 10.2. The Morgan fingerprint density at radius 3 is 1.90 bits per heavy atom. The second-order valence-corrected chi connectivity index (χ2v) is 4.51. The maximum Gasteiger partial charge on any atom is 0.265 e. The van der Waals surface area contributed by atoms with Gasteiger partial charge >= 0.3 is 0 Å². The Bertz CT molecular complexity index is 579. The molecule has 0 fully saturated rings. The number of nitrogen functional groups attached to an aromatic ring is 1. The minimum absolute atomic E-state index is 0.329. The molecular weight excluding hydrogens is 268 g/mol. The molecule has 2 rings (SSSR count). The zero-order valence-electron chi connectivity index (χ0n) is 11.8. The second-order valence-electron chi connectivity index (χ2n) is 4.51. The molecule has 0 saturated heterocycles. The van der Waals surface area contributed by atoms with E-state index in [0.717, 1.165) is 5.75 Å². The SMILES string of the molecule is Cc1ccc(OCCOc2ccc(C(=O)NN)cc2)cc1. The predicted octanol–water partition coefficient (Wildman–Crippen LogP) is 2.06. The molecule has 21 heavy (non-hydrogen) atoms. The summed E-state index contributed by atoms with van der Waals surface area (Å²) < 4.78 is 11.1. The minimum Gasteiger partial charge on any atom is -0.490 e. The summed E-state index contributed by atoms with van der Waals surface area (Å²) in [5, 5.41) is 0. The highest BCUT2D eigenvalue weighted by molar-refractivity contribution is 5.93. The number of benzene rings is 2. The highest BCUT2D eigenvalue weighted by Gasteiger charge is 2.03. The van der Waals surface area contributed by atoms with Gasteiger partial charge in [-0.05, 0) is 43.3 Å². The summed E-state index contributed by atoms with van der Waals surface area (Å²) in [6.45, 7) is 2.91. The number of hydrogen-bond donors (Lipinski definition) is 2. The molecule has 0 bridgehead atoms. The number of hydrogen-bond acceptors (Lipinski definition) is 4. The number of carbonyl (C=O) groups excluding carboxylic acids is 1. The zero-order valence-corrected chi connectivity index (χ0v) is 11.8. The van der Waals surface area contributed by atoms with Crippen molar-refractivity contribution in [2.45, 2.75) is 6.92 Å². The molecule has 3 N–H and O–H groups in total. The Hall–Kier alpha value is -2.53. The summed E-state index contributed by atoms with van der Waals surface area (Å²) in [5.41, 5.74) is 3.76. The van der Waals surface area contributed by atoms with Crippen molar-refractivity contribution in [1.29, 1.82) is 0 Å². The molecule has 110 valence electrons. The van der Waals surface area contributed by atoms with Crippen LogP contribution in [-0.2, 0) is 0 Å². The number of nitrogens with one attached hydrogen (secondary N) is 1. The van der Waals surface area contributed by atoms with Gasteiger partial charge in [-0.15, -0.1) is 0 Å². The number of aryl methyl sites for hydroxylation is 1. The van der Waals surface area contributed by atoms with Crippen molar-refractivity contribution in [1.82, 2.24) is 5.43 Å². The van der Waals surface area contributed by atoms with Crippen molar-refractivity contribution < 1.29 is 14.3 Å². The lowest BCUT2D eigenvalue weighted by atomic mass is 10.2. The van der Waals surface area contributed by atoms with Gasteiger partial charge in [0, 0.05) is 5.56 Å². The molecule has 5 nitrogen and oxygen atoms in total. The number of nitrogens with two attached hydrogens (primary N) is 1. The number of amides is 1. The Labute approximate surface area is 123 Å². The van der Waals surface area contributed by atoms with Gasteiger partial charge in [-0.2, -0.15) is 0 Å². The topological polar surface area (TPSA) is 73.6 Å². The smallest absolute Gasteiger partial charge is 0.265 e. The summed E-state index contributed by atoms with van der Waals surface area (Å²) in [5.74, 6) is 6.22. The van der Waals surface area contributed by atoms with Crippen LogP contribution in [0.1, 0.15) is 15.9 Å². The van der Waals surface area contributed by atoms with Gasteiger partial charge in [0.05, 0.1) is 0 Å². The molecule has 0 saturated carbocycles. The Balaban J connectivity index is 1.75. The van der Waals surface area contributed by atoms with Gasteiger partial charge < -0.3 is 9.47 Å². The summed E-state index contributed by atoms with van der Waals surface area (Å²) >= 11 is 0. The van der Waals surface area contributed by atoms with E-state index < -0.39 is 0 Å². The standard InChI is InChI=1S/C16H18N2O3/c1-12-2-6-14(7-3-12)20-10-11-21-15-8-4-13(5-9-15)16(19)18-17/h2-9H,10-11,17H2,1H3,(H,18,19). The summed E-state index contributed by atoms with van der Waals surface area (Å²) in [6.07, 6.45) is 0. The van der Waals surface area contributed by atoms with Crippen LogP contribution in [0, 0.1) is 6.92 Å². The van der Waals surface area contributed by atoms with E-state index in [9.17, 15) is 4.79 Å². The quantitative estimate of drug-likeness (QED) is 0.369. The maximum absolute atomic E-state index is 11.3. The fourth-order valence-electron chi connectivity index (χ4n) is 1.74. The van der Waals surface area contributed by atoms with Gasteiger partial charge in [-0.3, -0.25) is 10.2 Å². The lowest BCUT2D eigenvalue weighted by Gasteiger charge is -2.09. The van der Waals surface area contributed by atoms with Crippen molar-refractivity contribution in [3.05, 3.63) is 59.7 Å². The van der Waals surface area contributed by atoms with Crippen LogP contribution in [-0.4, -0.2) is 19.1 Å². The number of carbonyl (C=O) groups is 1. The van der Waals surface area contributed by atoms with Crippen molar-refractivity contribution >= 4 is 5.91 Å². The Morgan fingerprint density at radius 2 is 1.43 bits per heavy atom. The van der Waals surface area contributed by atoms with Crippen molar-refractivity contribution in [2.75, 3.05) is 13.2 Å². The van der Waals surface area contributed by atoms with Gasteiger partial charge in [0.2, 0.25) is 0 Å². The van der Waals surface area contributed by atoms with Crippen LogP contribution in [0.2, 0.25) is 0 Å². The first-order valence-electron chi connectivity index (χ1n) is 6.62. The van der Waals surface area contributed by atoms with Gasteiger partial charge in [0.1, 0.15) is 24.7 Å². The molecular formula is C16H18N2O3. The third-order valence-corrected chi connectivity index (χ3v) is 2.89. The molecule has 0 heterocycles. The van der Waals surface area contributed by atoms with Gasteiger partial charge in [-0.1, -0.05) is 17.7 Å². The molecule has 0 aliphatic carbocycles. The average Bonchev–Trinajstić information content (AvgIpc) is 2.53. The van der Waals surface area contributed by atoms with Crippen LogP contribution in [0.25, 0.3) is 0 Å². The van der Waals surface area contributed by atoms with E-state index in [0.29, 0.717) is 24.5 Å². The molecule has 5 heteroatoms. The maximum atomic E-state index is 11.3. The van der Waals surface area contributed by atoms with Crippen LogP contribution in [0.5, 0.6) is 11.5 Å². The van der Waals surface area contributed by atoms with Crippen molar-refractivity contribution in [2.24, 2.45) is 5.84 Å².